The van der Waals surface area contributed by atoms with Gasteiger partial charge in [0.1, 0.15) is 0 Å². The summed E-state index contributed by atoms with van der Waals surface area (Å²) in [5.41, 5.74) is -0.216. The molecule has 0 aliphatic heterocycles. The Kier molecular flexibility index (Phi) is 5.90. The first kappa shape index (κ1) is 16.1. The topological polar surface area (TPSA) is 79.3 Å². The van der Waals surface area contributed by atoms with Crippen molar-refractivity contribution >= 4 is 10.0 Å². The summed E-state index contributed by atoms with van der Waals surface area (Å²) in [7, 11) is -3.38. The predicted molar refractivity (Wildman–Crippen MR) is 75.3 cm³/mol. The Labute approximate surface area is 115 Å². The predicted octanol–water partition coefficient (Wildman–Crippen LogP) is 1.09. The quantitative estimate of drug-likeness (QED) is 0.750. The van der Waals surface area contributed by atoms with Crippen LogP contribution < -0.4 is 4.72 Å². The van der Waals surface area contributed by atoms with Gasteiger partial charge in [-0.05, 0) is 25.0 Å². The van der Waals surface area contributed by atoms with Crippen molar-refractivity contribution in [2.45, 2.75) is 38.7 Å². The first-order chi connectivity index (χ1) is 8.91. The van der Waals surface area contributed by atoms with Crippen molar-refractivity contribution in [2.24, 2.45) is 0 Å². The molecule has 1 aromatic rings. The Bertz CT molecular complexity index is 470. The highest BCUT2D eigenvalue weighted by molar-refractivity contribution is 7.89. The van der Waals surface area contributed by atoms with Crippen LogP contribution in [0.2, 0.25) is 0 Å². The Morgan fingerprint density at radius 2 is 2.00 bits per heavy atom. The lowest BCUT2D eigenvalue weighted by Gasteiger charge is -2.25. The number of aromatic nitrogens is 1. The number of aliphatic hydroxyl groups is 1. The third-order valence-corrected chi connectivity index (χ3v) is 4.62. The standard InChI is InChI=1S/C13H22N2O3S/c1-3-13(16,4-2)11-15-19(17,18)10-8-12-7-5-6-9-14-12/h5-7,9,15-16H,3-4,8,10-11H2,1-2H3. The number of pyridine rings is 1. The smallest absolute Gasteiger partial charge is 0.212 e. The van der Waals surface area contributed by atoms with Gasteiger partial charge in [0.15, 0.2) is 0 Å². The van der Waals surface area contributed by atoms with E-state index in [4.69, 9.17) is 0 Å². The van der Waals surface area contributed by atoms with Gasteiger partial charge in [0.2, 0.25) is 10.0 Å². The molecule has 0 aromatic carbocycles. The van der Waals surface area contributed by atoms with Crippen LogP contribution in [0.25, 0.3) is 0 Å². The van der Waals surface area contributed by atoms with Gasteiger partial charge < -0.3 is 5.11 Å². The van der Waals surface area contributed by atoms with Gasteiger partial charge in [-0.2, -0.15) is 0 Å². The van der Waals surface area contributed by atoms with E-state index in [-0.39, 0.29) is 12.3 Å². The summed E-state index contributed by atoms with van der Waals surface area (Å²) in [4.78, 5) is 4.08. The maximum Gasteiger partial charge on any atom is 0.212 e. The first-order valence-electron chi connectivity index (χ1n) is 6.50. The summed E-state index contributed by atoms with van der Waals surface area (Å²) < 4.78 is 26.1. The molecule has 0 atom stereocenters. The maximum atomic E-state index is 11.8. The number of hydrogen-bond acceptors (Lipinski definition) is 4. The summed E-state index contributed by atoms with van der Waals surface area (Å²) >= 11 is 0. The molecule has 6 heteroatoms. The molecule has 1 aromatic heterocycles. The second-order valence-corrected chi connectivity index (χ2v) is 6.57. The molecular formula is C13H22N2O3S. The summed E-state index contributed by atoms with van der Waals surface area (Å²) in [6.45, 7) is 3.74. The minimum atomic E-state index is -3.38. The molecule has 1 rings (SSSR count). The average molecular weight is 286 g/mol. The number of sulfonamides is 1. The third kappa shape index (κ3) is 5.67. The van der Waals surface area contributed by atoms with Crippen molar-refractivity contribution < 1.29 is 13.5 Å². The number of nitrogens with zero attached hydrogens (tertiary/aromatic N) is 1. The minimum absolute atomic E-state index is 0.0203. The van der Waals surface area contributed by atoms with Gasteiger partial charge in [-0.15, -0.1) is 0 Å². The molecule has 0 amide bonds. The fraction of sp³-hybridized carbons (Fsp3) is 0.615. The molecule has 5 nitrogen and oxygen atoms in total. The van der Waals surface area contributed by atoms with E-state index in [9.17, 15) is 13.5 Å². The van der Waals surface area contributed by atoms with Crippen molar-refractivity contribution in [3.05, 3.63) is 30.1 Å². The largest absolute Gasteiger partial charge is 0.389 e. The van der Waals surface area contributed by atoms with Crippen LogP contribution in [0, 0.1) is 0 Å². The highest BCUT2D eigenvalue weighted by Gasteiger charge is 2.24. The molecular weight excluding hydrogens is 264 g/mol. The van der Waals surface area contributed by atoms with Crippen molar-refractivity contribution in [1.82, 2.24) is 9.71 Å². The lowest BCUT2D eigenvalue weighted by atomic mass is 9.98. The molecule has 0 bridgehead atoms. The van der Waals surface area contributed by atoms with Crippen molar-refractivity contribution in [1.29, 1.82) is 0 Å². The maximum absolute atomic E-state index is 11.8. The zero-order valence-corrected chi connectivity index (χ0v) is 12.3. The zero-order valence-electron chi connectivity index (χ0n) is 11.5. The number of nitrogens with one attached hydrogen (secondary N) is 1. The fourth-order valence-corrected chi connectivity index (χ4v) is 2.71. The molecule has 0 aliphatic carbocycles. The lowest BCUT2D eigenvalue weighted by molar-refractivity contribution is 0.0377. The molecule has 108 valence electrons. The number of rotatable bonds is 8. The van der Waals surface area contributed by atoms with E-state index >= 15 is 0 Å². The molecule has 19 heavy (non-hydrogen) atoms. The van der Waals surface area contributed by atoms with Crippen LogP contribution in [0.1, 0.15) is 32.4 Å². The highest BCUT2D eigenvalue weighted by Crippen LogP contribution is 2.13. The minimum Gasteiger partial charge on any atom is -0.389 e. The van der Waals surface area contributed by atoms with Crippen molar-refractivity contribution in [3.8, 4) is 0 Å². The summed E-state index contributed by atoms with van der Waals surface area (Å²) in [5.74, 6) is -0.0203. The van der Waals surface area contributed by atoms with Crippen LogP contribution >= 0.6 is 0 Å². The first-order valence-corrected chi connectivity index (χ1v) is 8.15. The second kappa shape index (κ2) is 6.98. The fourth-order valence-electron chi connectivity index (χ4n) is 1.60. The van der Waals surface area contributed by atoms with Gasteiger partial charge in [-0.3, -0.25) is 4.98 Å². The average Bonchev–Trinajstić information content (AvgIpc) is 2.44. The summed E-state index contributed by atoms with van der Waals surface area (Å²) in [5, 5.41) is 10.0. The highest BCUT2D eigenvalue weighted by atomic mass is 32.2. The molecule has 1 heterocycles. The lowest BCUT2D eigenvalue weighted by Crippen LogP contribution is -2.42. The monoisotopic (exact) mass is 286 g/mol. The van der Waals surface area contributed by atoms with Crippen molar-refractivity contribution in [2.75, 3.05) is 12.3 Å². The zero-order chi connectivity index (χ0) is 14.4. The number of hydrogen-bond donors (Lipinski definition) is 2. The van der Waals surface area contributed by atoms with Crippen LogP contribution in [-0.2, 0) is 16.4 Å². The van der Waals surface area contributed by atoms with Gasteiger partial charge in [0, 0.05) is 24.9 Å². The molecule has 0 saturated heterocycles. The van der Waals surface area contributed by atoms with Gasteiger partial charge in [0.25, 0.3) is 0 Å². The Balaban J connectivity index is 2.49. The van der Waals surface area contributed by atoms with Gasteiger partial charge in [-0.1, -0.05) is 19.9 Å². The Morgan fingerprint density at radius 1 is 1.32 bits per heavy atom. The summed E-state index contributed by atoms with van der Waals surface area (Å²) in [6, 6.07) is 5.41. The van der Waals surface area contributed by atoms with Crippen LogP contribution in [0.15, 0.2) is 24.4 Å². The Hall–Kier alpha value is -0.980. The molecule has 2 N–H and O–H groups in total. The van der Waals surface area contributed by atoms with Gasteiger partial charge >= 0.3 is 0 Å². The molecule has 0 fully saturated rings. The van der Waals surface area contributed by atoms with Gasteiger partial charge in [-0.25, -0.2) is 13.1 Å². The van der Waals surface area contributed by atoms with E-state index in [2.05, 4.69) is 9.71 Å². The van der Waals surface area contributed by atoms with E-state index in [1.54, 1.807) is 18.3 Å². The van der Waals surface area contributed by atoms with Gasteiger partial charge in [0.05, 0.1) is 11.4 Å². The van der Waals surface area contributed by atoms with Crippen molar-refractivity contribution in [3.63, 3.8) is 0 Å². The SMILES string of the molecule is CCC(O)(CC)CNS(=O)(=O)CCc1ccccn1. The van der Waals surface area contributed by atoms with Crippen LogP contribution in [0.3, 0.4) is 0 Å². The molecule has 0 radical (unpaired) electrons. The number of aryl methyl sites for hydroxylation is 1. The van der Waals surface area contributed by atoms with E-state index in [0.717, 1.165) is 5.69 Å². The molecule has 0 saturated carbocycles. The van der Waals surface area contributed by atoms with E-state index in [0.29, 0.717) is 19.3 Å². The molecule has 0 aliphatic rings. The second-order valence-electron chi connectivity index (χ2n) is 4.64. The Morgan fingerprint density at radius 3 is 2.53 bits per heavy atom. The van der Waals surface area contributed by atoms with E-state index < -0.39 is 15.6 Å². The van der Waals surface area contributed by atoms with E-state index in [1.165, 1.54) is 0 Å². The van der Waals surface area contributed by atoms with Crippen LogP contribution in [0.4, 0.5) is 0 Å². The van der Waals surface area contributed by atoms with E-state index in [1.807, 2.05) is 19.9 Å². The van der Waals surface area contributed by atoms with Crippen LogP contribution in [0.5, 0.6) is 0 Å². The summed E-state index contributed by atoms with van der Waals surface area (Å²) in [6.07, 6.45) is 3.05. The third-order valence-electron chi connectivity index (χ3n) is 3.29. The normalized spacial score (nSPS) is 12.6. The molecule has 0 spiro atoms. The van der Waals surface area contributed by atoms with Crippen LogP contribution in [-0.4, -0.2) is 36.4 Å². The molecule has 0 unspecified atom stereocenters.